The van der Waals surface area contributed by atoms with Gasteiger partial charge in [0.15, 0.2) is 0 Å². The van der Waals surface area contributed by atoms with E-state index in [1.165, 1.54) is 5.56 Å². The fraction of sp³-hybridized carbons (Fsp3) is 0.375. The van der Waals surface area contributed by atoms with Crippen molar-refractivity contribution in [3.05, 3.63) is 71.6 Å². The van der Waals surface area contributed by atoms with E-state index >= 15 is 0 Å². The highest BCUT2D eigenvalue weighted by Gasteiger charge is 2.17. The van der Waals surface area contributed by atoms with E-state index in [-0.39, 0.29) is 11.9 Å². The quantitative estimate of drug-likeness (QED) is 0.594. The van der Waals surface area contributed by atoms with Crippen molar-refractivity contribution in [2.45, 2.75) is 46.6 Å². The zero-order valence-electron chi connectivity index (χ0n) is 18.3. The Bertz CT molecular complexity index is 900. The standard InChI is InChI=1S/C17H24N4O2.C7H8/c1-4-9-21(10-5-2)17(22)14-8-6-7-13(11-14)16-20-19-15(23-16)12(3)18;1-7-5-3-2-4-6-7/h6-8,11-12H,4-5,9-10,18H2,1-3H3;2-6H,1H3/t12-;/m0./s1. The average molecular weight is 409 g/mol. The molecule has 0 unspecified atom stereocenters. The Balaban J connectivity index is 0.000000386. The van der Waals surface area contributed by atoms with E-state index in [0.717, 1.165) is 31.5 Å². The van der Waals surface area contributed by atoms with E-state index in [2.05, 4.69) is 43.1 Å². The SMILES string of the molecule is CCCN(CCC)C(=O)c1cccc(-c2nnc([C@H](C)N)o2)c1.Cc1ccccc1. The first kappa shape index (κ1) is 23.3. The Morgan fingerprint density at radius 1 is 1.03 bits per heavy atom. The van der Waals surface area contributed by atoms with Gasteiger partial charge in [-0.25, -0.2) is 0 Å². The summed E-state index contributed by atoms with van der Waals surface area (Å²) in [6, 6.07) is 17.2. The molecule has 0 aliphatic rings. The van der Waals surface area contributed by atoms with Gasteiger partial charge in [0, 0.05) is 24.2 Å². The van der Waals surface area contributed by atoms with Gasteiger partial charge in [-0.1, -0.05) is 55.8 Å². The van der Waals surface area contributed by atoms with Crippen LogP contribution < -0.4 is 5.73 Å². The molecule has 160 valence electrons. The molecule has 6 heteroatoms. The highest BCUT2D eigenvalue weighted by atomic mass is 16.4. The maximum absolute atomic E-state index is 12.7. The summed E-state index contributed by atoms with van der Waals surface area (Å²) in [6.07, 6.45) is 1.87. The molecular weight excluding hydrogens is 376 g/mol. The molecule has 0 bridgehead atoms. The number of nitrogens with two attached hydrogens (primary N) is 1. The van der Waals surface area contributed by atoms with Gasteiger partial charge < -0.3 is 15.1 Å². The molecule has 0 fully saturated rings. The van der Waals surface area contributed by atoms with Crippen molar-refractivity contribution >= 4 is 5.91 Å². The second-order valence-electron chi connectivity index (χ2n) is 7.26. The minimum atomic E-state index is -0.314. The van der Waals surface area contributed by atoms with Crippen molar-refractivity contribution in [1.82, 2.24) is 15.1 Å². The lowest BCUT2D eigenvalue weighted by Gasteiger charge is -2.21. The van der Waals surface area contributed by atoms with Crippen LogP contribution in [0.2, 0.25) is 0 Å². The maximum Gasteiger partial charge on any atom is 0.253 e. The monoisotopic (exact) mass is 408 g/mol. The van der Waals surface area contributed by atoms with E-state index in [0.29, 0.717) is 17.3 Å². The summed E-state index contributed by atoms with van der Waals surface area (Å²) in [6.45, 7) is 9.52. The van der Waals surface area contributed by atoms with Crippen LogP contribution in [0.4, 0.5) is 0 Å². The van der Waals surface area contributed by atoms with Crippen LogP contribution in [0.5, 0.6) is 0 Å². The number of nitrogens with zero attached hydrogens (tertiary/aromatic N) is 3. The summed E-state index contributed by atoms with van der Waals surface area (Å²) < 4.78 is 5.55. The van der Waals surface area contributed by atoms with Crippen molar-refractivity contribution in [3.8, 4) is 11.5 Å². The van der Waals surface area contributed by atoms with Crippen molar-refractivity contribution in [1.29, 1.82) is 0 Å². The molecule has 1 aromatic heterocycles. The molecule has 0 saturated carbocycles. The number of amides is 1. The Hall–Kier alpha value is -2.99. The number of hydrogen-bond acceptors (Lipinski definition) is 5. The van der Waals surface area contributed by atoms with Crippen LogP contribution in [0.25, 0.3) is 11.5 Å². The lowest BCUT2D eigenvalue weighted by atomic mass is 10.1. The van der Waals surface area contributed by atoms with Crippen molar-refractivity contribution in [2.75, 3.05) is 13.1 Å². The first-order valence-corrected chi connectivity index (χ1v) is 10.5. The fourth-order valence-corrected chi connectivity index (χ4v) is 2.89. The van der Waals surface area contributed by atoms with Gasteiger partial charge in [0.05, 0.1) is 6.04 Å². The van der Waals surface area contributed by atoms with Gasteiger partial charge in [-0.05, 0) is 44.9 Å². The Kier molecular flexibility index (Phi) is 9.22. The van der Waals surface area contributed by atoms with Gasteiger partial charge in [0.2, 0.25) is 11.8 Å². The van der Waals surface area contributed by atoms with Gasteiger partial charge in [0.1, 0.15) is 0 Å². The summed E-state index contributed by atoms with van der Waals surface area (Å²) in [5.74, 6) is 0.794. The molecule has 30 heavy (non-hydrogen) atoms. The van der Waals surface area contributed by atoms with E-state index in [1.54, 1.807) is 13.0 Å². The lowest BCUT2D eigenvalue weighted by Crippen LogP contribution is -2.32. The zero-order chi connectivity index (χ0) is 21.9. The van der Waals surface area contributed by atoms with Crippen LogP contribution in [0.3, 0.4) is 0 Å². The third-order valence-corrected chi connectivity index (χ3v) is 4.40. The van der Waals surface area contributed by atoms with Crippen molar-refractivity contribution in [2.24, 2.45) is 5.73 Å². The van der Waals surface area contributed by atoms with Gasteiger partial charge in [-0.15, -0.1) is 10.2 Å². The number of benzene rings is 2. The van der Waals surface area contributed by atoms with Crippen LogP contribution in [0.15, 0.2) is 59.0 Å². The third-order valence-electron chi connectivity index (χ3n) is 4.40. The Labute approximate surface area is 179 Å². The van der Waals surface area contributed by atoms with E-state index in [4.69, 9.17) is 10.2 Å². The van der Waals surface area contributed by atoms with Gasteiger partial charge in [0.25, 0.3) is 5.91 Å². The first-order valence-electron chi connectivity index (χ1n) is 10.5. The highest BCUT2D eigenvalue weighted by molar-refractivity contribution is 5.95. The van der Waals surface area contributed by atoms with Crippen LogP contribution in [0, 0.1) is 6.92 Å². The number of aromatic nitrogens is 2. The predicted molar refractivity (Wildman–Crippen MR) is 120 cm³/mol. The summed E-state index contributed by atoms with van der Waals surface area (Å²) in [5, 5.41) is 7.93. The van der Waals surface area contributed by atoms with Crippen LogP contribution in [-0.4, -0.2) is 34.1 Å². The number of hydrogen-bond donors (Lipinski definition) is 1. The molecule has 0 aliphatic heterocycles. The first-order chi connectivity index (χ1) is 14.5. The summed E-state index contributed by atoms with van der Waals surface area (Å²) in [5.41, 5.74) is 8.41. The minimum Gasteiger partial charge on any atom is -0.419 e. The molecule has 0 saturated heterocycles. The summed E-state index contributed by atoms with van der Waals surface area (Å²) in [7, 11) is 0. The summed E-state index contributed by atoms with van der Waals surface area (Å²) in [4.78, 5) is 14.5. The number of aryl methyl sites for hydroxylation is 1. The van der Waals surface area contributed by atoms with E-state index in [9.17, 15) is 4.79 Å². The molecule has 6 nitrogen and oxygen atoms in total. The van der Waals surface area contributed by atoms with Crippen LogP contribution in [0.1, 0.15) is 61.5 Å². The Morgan fingerprint density at radius 2 is 1.70 bits per heavy atom. The topological polar surface area (TPSA) is 85.2 Å². The van der Waals surface area contributed by atoms with Crippen molar-refractivity contribution < 1.29 is 9.21 Å². The molecule has 2 N–H and O–H groups in total. The molecule has 2 aromatic carbocycles. The van der Waals surface area contributed by atoms with E-state index in [1.807, 2.05) is 41.3 Å². The molecule has 1 heterocycles. The lowest BCUT2D eigenvalue weighted by molar-refractivity contribution is 0.0755. The second kappa shape index (κ2) is 11.9. The molecule has 1 amide bonds. The number of carbonyl (C=O) groups excluding carboxylic acids is 1. The molecule has 3 aromatic rings. The van der Waals surface area contributed by atoms with Gasteiger partial charge in [-0.3, -0.25) is 4.79 Å². The second-order valence-corrected chi connectivity index (χ2v) is 7.26. The van der Waals surface area contributed by atoms with Crippen LogP contribution in [-0.2, 0) is 0 Å². The molecule has 0 aliphatic carbocycles. The third kappa shape index (κ3) is 6.81. The molecule has 0 radical (unpaired) electrons. The molecule has 3 rings (SSSR count). The number of rotatable bonds is 7. The molecular formula is C24H32N4O2. The predicted octanol–water partition coefficient (Wildman–Crippen LogP) is 5.01. The fourth-order valence-electron chi connectivity index (χ4n) is 2.89. The van der Waals surface area contributed by atoms with E-state index < -0.39 is 0 Å². The maximum atomic E-state index is 12.7. The minimum absolute atomic E-state index is 0.0301. The zero-order valence-corrected chi connectivity index (χ0v) is 18.3. The smallest absolute Gasteiger partial charge is 0.253 e. The average Bonchev–Trinajstić information content (AvgIpc) is 3.25. The largest absolute Gasteiger partial charge is 0.419 e. The highest BCUT2D eigenvalue weighted by Crippen LogP contribution is 2.21. The normalized spacial score (nSPS) is 11.4. The molecule has 1 atom stereocenters. The summed E-state index contributed by atoms with van der Waals surface area (Å²) >= 11 is 0. The van der Waals surface area contributed by atoms with Gasteiger partial charge in [-0.2, -0.15) is 0 Å². The van der Waals surface area contributed by atoms with Crippen LogP contribution >= 0.6 is 0 Å². The van der Waals surface area contributed by atoms with Gasteiger partial charge >= 0.3 is 0 Å². The molecule has 0 spiro atoms. The Morgan fingerprint density at radius 3 is 2.20 bits per heavy atom. The van der Waals surface area contributed by atoms with Crippen molar-refractivity contribution in [3.63, 3.8) is 0 Å². The number of carbonyl (C=O) groups is 1.